The number of rotatable bonds is 7. The van der Waals surface area contributed by atoms with Crippen molar-refractivity contribution < 1.29 is 14.6 Å². The molecule has 1 aromatic carbocycles. The van der Waals surface area contributed by atoms with Crippen LogP contribution in [-0.2, 0) is 0 Å². The summed E-state index contributed by atoms with van der Waals surface area (Å²) in [5, 5.41) is 11.7. The van der Waals surface area contributed by atoms with E-state index in [0.29, 0.717) is 12.2 Å². The Morgan fingerprint density at radius 2 is 2.06 bits per heavy atom. The Bertz CT molecular complexity index is 360. The van der Waals surface area contributed by atoms with Crippen molar-refractivity contribution in [2.24, 2.45) is 0 Å². The zero-order valence-corrected chi connectivity index (χ0v) is 11.0. The standard InChI is InChI=1S/C14H21NO3/c1-3-4-9-18-13-7-5-12(6-8-13)14(17)15-10-11(2)16/h5-8,11,16H,3-4,9-10H2,1-2H3,(H,15,17)/t11-/m1/s1. The molecule has 1 amide bonds. The summed E-state index contributed by atoms with van der Waals surface area (Å²) < 4.78 is 5.51. The summed E-state index contributed by atoms with van der Waals surface area (Å²) in [6.45, 7) is 4.70. The number of carbonyl (C=O) groups excluding carboxylic acids is 1. The highest BCUT2D eigenvalue weighted by Crippen LogP contribution is 2.12. The molecule has 100 valence electrons. The lowest BCUT2D eigenvalue weighted by molar-refractivity contribution is 0.0924. The third-order valence-electron chi connectivity index (χ3n) is 2.44. The number of ether oxygens (including phenoxy) is 1. The molecule has 1 rings (SSSR count). The molecule has 1 atom stereocenters. The van der Waals surface area contributed by atoms with Crippen LogP contribution in [0.3, 0.4) is 0 Å². The molecule has 0 spiro atoms. The molecule has 0 saturated carbocycles. The third kappa shape index (κ3) is 5.19. The van der Waals surface area contributed by atoms with Crippen LogP contribution >= 0.6 is 0 Å². The van der Waals surface area contributed by atoms with Crippen LogP contribution in [0.25, 0.3) is 0 Å². The molecule has 0 aliphatic rings. The first kappa shape index (κ1) is 14.5. The second-order valence-corrected chi connectivity index (χ2v) is 4.29. The van der Waals surface area contributed by atoms with Crippen LogP contribution in [-0.4, -0.2) is 30.3 Å². The minimum atomic E-state index is -0.536. The van der Waals surface area contributed by atoms with Gasteiger partial charge in [-0.05, 0) is 37.6 Å². The van der Waals surface area contributed by atoms with E-state index >= 15 is 0 Å². The summed E-state index contributed by atoms with van der Waals surface area (Å²) >= 11 is 0. The number of aliphatic hydroxyl groups excluding tert-OH is 1. The van der Waals surface area contributed by atoms with Crippen molar-refractivity contribution in [1.29, 1.82) is 0 Å². The Hall–Kier alpha value is -1.55. The number of hydrogen-bond acceptors (Lipinski definition) is 3. The van der Waals surface area contributed by atoms with Crippen LogP contribution in [0.4, 0.5) is 0 Å². The average molecular weight is 251 g/mol. The number of benzene rings is 1. The molecule has 18 heavy (non-hydrogen) atoms. The van der Waals surface area contributed by atoms with E-state index < -0.39 is 6.10 Å². The third-order valence-corrected chi connectivity index (χ3v) is 2.44. The molecule has 4 heteroatoms. The van der Waals surface area contributed by atoms with Gasteiger partial charge in [-0.15, -0.1) is 0 Å². The fraction of sp³-hybridized carbons (Fsp3) is 0.500. The van der Waals surface area contributed by atoms with E-state index in [0.717, 1.165) is 18.6 Å². The molecule has 0 unspecified atom stereocenters. The summed E-state index contributed by atoms with van der Waals surface area (Å²) in [5.41, 5.74) is 0.568. The maximum atomic E-state index is 11.7. The van der Waals surface area contributed by atoms with E-state index in [9.17, 15) is 4.79 Å². The predicted molar refractivity (Wildman–Crippen MR) is 70.9 cm³/mol. The number of unbranched alkanes of at least 4 members (excludes halogenated alkanes) is 1. The lowest BCUT2D eigenvalue weighted by atomic mass is 10.2. The molecule has 0 bridgehead atoms. The van der Waals surface area contributed by atoms with E-state index in [4.69, 9.17) is 9.84 Å². The van der Waals surface area contributed by atoms with Crippen LogP contribution in [0.5, 0.6) is 5.75 Å². The minimum absolute atomic E-state index is 0.184. The van der Waals surface area contributed by atoms with E-state index in [2.05, 4.69) is 12.2 Å². The van der Waals surface area contributed by atoms with Crippen molar-refractivity contribution in [3.8, 4) is 5.75 Å². The molecule has 0 aliphatic carbocycles. The first-order valence-corrected chi connectivity index (χ1v) is 6.32. The summed E-state index contributed by atoms with van der Waals surface area (Å²) in [6, 6.07) is 7.01. The molecule has 0 saturated heterocycles. The van der Waals surface area contributed by atoms with Gasteiger partial charge in [-0.1, -0.05) is 13.3 Å². The maximum Gasteiger partial charge on any atom is 0.251 e. The SMILES string of the molecule is CCCCOc1ccc(C(=O)NC[C@@H](C)O)cc1. The number of aliphatic hydroxyl groups is 1. The van der Waals surface area contributed by atoms with Crippen molar-refractivity contribution in [3.05, 3.63) is 29.8 Å². The lowest BCUT2D eigenvalue weighted by Crippen LogP contribution is -2.30. The highest BCUT2D eigenvalue weighted by atomic mass is 16.5. The number of nitrogens with one attached hydrogen (secondary N) is 1. The zero-order valence-electron chi connectivity index (χ0n) is 11.0. The van der Waals surface area contributed by atoms with Gasteiger partial charge >= 0.3 is 0 Å². The van der Waals surface area contributed by atoms with Gasteiger partial charge in [0.15, 0.2) is 0 Å². The fourth-order valence-corrected chi connectivity index (χ4v) is 1.38. The maximum absolute atomic E-state index is 11.7. The van der Waals surface area contributed by atoms with E-state index in [1.165, 1.54) is 0 Å². The first-order valence-electron chi connectivity index (χ1n) is 6.32. The van der Waals surface area contributed by atoms with Crippen molar-refractivity contribution in [1.82, 2.24) is 5.32 Å². The van der Waals surface area contributed by atoms with Gasteiger partial charge < -0.3 is 15.2 Å². The molecule has 1 aromatic rings. The van der Waals surface area contributed by atoms with Gasteiger partial charge in [0.05, 0.1) is 12.7 Å². The van der Waals surface area contributed by atoms with E-state index in [1.807, 2.05) is 0 Å². The normalized spacial score (nSPS) is 11.9. The number of amides is 1. The van der Waals surface area contributed by atoms with Crippen molar-refractivity contribution in [3.63, 3.8) is 0 Å². The fourth-order valence-electron chi connectivity index (χ4n) is 1.38. The quantitative estimate of drug-likeness (QED) is 0.728. The van der Waals surface area contributed by atoms with Gasteiger partial charge in [-0.25, -0.2) is 0 Å². The van der Waals surface area contributed by atoms with Gasteiger partial charge in [0.2, 0.25) is 0 Å². The van der Waals surface area contributed by atoms with Gasteiger partial charge in [-0.3, -0.25) is 4.79 Å². The molecule has 0 aliphatic heterocycles. The summed E-state index contributed by atoms with van der Waals surface area (Å²) in [5.74, 6) is 0.589. The van der Waals surface area contributed by atoms with E-state index in [1.54, 1.807) is 31.2 Å². The molecule has 0 aromatic heterocycles. The number of hydrogen-bond donors (Lipinski definition) is 2. The lowest BCUT2D eigenvalue weighted by Gasteiger charge is -2.08. The van der Waals surface area contributed by atoms with Crippen molar-refractivity contribution in [2.75, 3.05) is 13.2 Å². The molecule has 0 fully saturated rings. The Kier molecular flexibility index (Phi) is 6.22. The number of carbonyl (C=O) groups is 1. The van der Waals surface area contributed by atoms with E-state index in [-0.39, 0.29) is 12.5 Å². The Morgan fingerprint density at radius 1 is 1.39 bits per heavy atom. The predicted octanol–water partition coefficient (Wildman–Crippen LogP) is 1.98. The Labute approximate surface area is 108 Å². The van der Waals surface area contributed by atoms with Gasteiger partial charge in [0, 0.05) is 12.1 Å². The topological polar surface area (TPSA) is 58.6 Å². The highest BCUT2D eigenvalue weighted by Gasteiger charge is 2.06. The molecular weight excluding hydrogens is 230 g/mol. The summed E-state index contributed by atoms with van der Waals surface area (Å²) in [6.07, 6.45) is 1.59. The minimum Gasteiger partial charge on any atom is -0.494 e. The zero-order chi connectivity index (χ0) is 13.4. The highest BCUT2D eigenvalue weighted by molar-refractivity contribution is 5.94. The molecular formula is C14H21NO3. The summed E-state index contributed by atoms with van der Waals surface area (Å²) in [7, 11) is 0. The van der Waals surface area contributed by atoms with Crippen LogP contribution < -0.4 is 10.1 Å². The average Bonchev–Trinajstić information content (AvgIpc) is 2.37. The smallest absolute Gasteiger partial charge is 0.251 e. The Balaban J connectivity index is 2.46. The van der Waals surface area contributed by atoms with Gasteiger partial charge in [0.1, 0.15) is 5.75 Å². The van der Waals surface area contributed by atoms with Crippen molar-refractivity contribution in [2.45, 2.75) is 32.8 Å². The largest absolute Gasteiger partial charge is 0.494 e. The second-order valence-electron chi connectivity index (χ2n) is 4.29. The summed E-state index contributed by atoms with van der Waals surface area (Å²) in [4.78, 5) is 11.7. The monoisotopic (exact) mass is 251 g/mol. The van der Waals surface area contributed by atoms with Gasteiger partial charge in [0.25, 0.3) is 5.91 Å². The van der Waals surface area contributed by atoms with Gasteiger partial charge in [-0.2, -0.15) is 0 Å². The van der Waals surface area contributed by atoms with Crippen LogP contribution in [0, 0.1) is 0 Å². The van der Waals surface area contributed by atoms with Crippen LogP contribution in [0.2, 0.25) is 0 Å². The first-order chi connectivity index (χ1) is 8.63. The molecule has 0 radical (unpaired) electrons. The molecule has 4 nitrogen and oxygen atoms in total. The molecule has 2 N–H and O–H groups in total. The molecule has 0 heterocycles. The second kappa shape index (κ2) is 7.71. The van der Waals surface area contributed by atoms with Crippen LogP contribution in [0.1, 0.15) is 37.0 Å². The van der Waals surface area contributed by atoms with Crippen LogP contribution in [0.15, 0.2) is 24.3 Å². The Morgan fingerprint density at radius 3 is 2.61 bits per heavy atom. The van der Waals surface area contributed by atoms with Crippen molar-refractivity contribution >= 4 is 5.91 Å².